The van der Waals surface area contributed by atoms with Crippen molar-refractivity contribution in [3.8, 4) is 0 Å². The maximum absolute atomic E-state index is 11.2. The van der Waals surface area contributed by atoms with Crippen LogP contribution in [-0.4, -0.2) is 12.6 Å². The van der Waals surface area contributed by atoms with Crippen LogP contribution in [0.2, 0.25) is 0 Å². The summed E-state index contributed by atoms with van der Waals surface area (Å²) in [6.45, 7) is 2.91. The lowest BCUT2D eigenvalue weighted by atomic mass is 9.99. The third kappa shape index (κ3) is 6.70. The normalized spacial score (nSPS) is 19.6. The van der Waals surface area contributed by atoms with Crippen LogP contribution >= 0.6 is 0 Å². The van der Waals surface area contributed by atoms with E-state index in [0.717, 1.165) is 12.8 Å². The molecule has 1 atom stereocenters. The molecule has 0 amide bonds. The summed E-state index contributed by atoms with van der Waals surface area (Å²) in [5.74, 6) is 0.268. The minimum absolute atomic E-state index is 0.0459. The van der Waals surface area contributed by atoms with Gasteiger partial charge >= 0.3 is 5.97 Å². The van der Waals surface area contributed by atoms with Crippen LogP contribution < -0.4 is 0 Å². The van der Waals surface area contributed by atoms with E-state index in [2.05, 4.69) is 6.92 Å². The van der Waals surface area contributed by atoms with Crippen molar-refractivity contribution in [1.29, 1.82) is 0 Å². The lowest BCUT2D eigenvalue weighted by Gasteiger charge is -2.05. The Bertz CT molecular complexity index is 201. The van der Waals surface area contributed by atoms with E-state index in [1.165, 1.54) is 57.8 Å². The highest BCUT2D eigenvalue weighted by atomic mass is 16.5. The van der Waals surface area contributed by atoms with E-state index >= 15 is 0 Å². The first kappa shape index (κ1) is 14.5. The number of rotatable bonds is 10. The molecule has 0 aromatic carbocycles. The van der Waals surface area contributed by atoms with Crippen LogP contribution in [0.15, 0.2) is 0 Å². The highest BCUT2D eigenvalue weighted by Crippen LogP contribution is 2.21. The second-order valence-electron chi connectivity index (χ2n) is 5.27. The Morgan fingerprint density at radius 3 is 2.12 bits per heavy atom. The molecule has 0 N–H and O–H groups in total. The Morgan fingerprint density at radius 2 is 1.59 bits per heavy atom. The summed E-state index contributed by atoms with van der Waals surface area (Å²) in [5, 5.41) is 0. The summed E-state index contributed by atoms with van der Waals surface area (Å²) in [6, 6.07) is 0. The van der Waals surface area contributed by atoms with E-state index in [1.54, 1.807) is 0 Å². The van der Waals surface area contributed by atoms with Gasteiger partial charge in [0.25, 0.3) is 0 Å². The van der Waals surface area contributed by atoms with Crippen LogP contribution in [0.3, 0.4) is 0 Å². The number of hydrogen-bond donors (Lipinski definition) is 0. The summed E-state index contributed by atoms with van der Waals surface area (Å²) in [5.41, 5.74) is 0. The molecule has 0 saturated carbocycles. The summed E-state index contributed by atoms with van der Waals surface area (Å²) in [7, 11) is 0. The van der Waals surface area contributed by atoms with Crippen LogP contribution in [0.1, 0.15) is 77.6 Å². The molecule has 0 aliphatic carbocycles. The van der Waals surface area contributed by atoms with Crippen LogP contribution in [0.25, 0.3) is 0 Å². The van der Waals surface area contributed by atoms with Crippen molar-refractivity contribution in [3.63, 3.8) is 0 Å². The van der Waals surface area contributed by atoms with Gasteiger partial charge in [-0.3, -0.25) is 4.79 Å². The Kier molecular flexibility index (Phi) is 8.12. The van der Waals surface area contributed by atoms with Crippen molar-refractivity contribution in [1.82, 2.24) is 0 Å². The molecule has 1 aliphatic heterocycles. The lowest BCUT2D eigenvalue weighted by Crippen LogP contribution is -2.06. The molecule has 0 bridgehead atoms. The van der Waals surface area contributed by atoms with Gasteiger partial charge in [-0.25, -0.2) is 0 Å². The second-order valence-corrected chi connectivity index (χ2v) is 5.27. The monoisotopic (exact) mass is 240 g/mol. The zero-order valence-corrected chi connectivity index (χ0v) is 11.4. The van der Waals surface area contributed by atoms with Gasteiger partial charge in [-0.1, -0.05) is 64.7 Å². The molecule has 1 rings (SSSR count). The van der Waals surface area contributed by atoms with Crippen molar-refractivity contribution >= 4 is 5.97 Å². The van der Waals surface area contributed by atoms with Gasteiger partial charge in [-0.05, 0) is 12.8 Å². The molecule has 2 nitrogen and oxygen atoms in total. The highest BCUT2D eigenvalue weighted by molar-refractivity contribution is 5.73. The van der Waals surface area contributed by atoms with E-state index in [1.807, 2.05) is 0 Å². The fourth-order valence-corrected chi connectivity index (χ4v) is 2.50. The number of unbranched alkanes of at least 4 members (excludes halogenated alkanes) is 8. The predicted octanol–water partition coefficient (Wildman–Crippen LogP) is 4.47. The van der Waals surface area contributed by atoms with Gasteiger partial charge in [0.15, 0.2) is 0 Å². The zero-order chi connectivity index (χ0) is 12.3. The summed E-state index contributed by atoms with van der Waals surface area (Å²) in [4.78, 5) is 11.2. The Morgan fingerprint density at radius 1 is 1.00 bits per heavy atom. The van der Waals surface area contributed by atoms with Gasteiger partial charge < -0.3 is 4.74 Å². The topological polar surface area (TPSA) is 26.3 Å². The summed E-state index contributed by atoms with van der Waals surface area (Å²) < 4.78 is 4.96. The second kappa shape index (κ2) is 9.49. The summed E-state index contributed by atoms with van der Waals surface area (Å²) in [6.07, 6.45) is 14.1. The summed E-state index contributed by atoms with van der Waals surface area (Å²) >= 11 is 0. The largest absolute Gasteiger partial charge is 0.465 e. The number of ether oxygens (including phenoxy) is 1. The van der Waals surface area contributed by atoms with Crippen LogP contribution in [0, 0.1) is 5.92 Å². The fourth-order valence-electron chi connectivity index (χ4n) is 2.50. The molecule has 0 aromatic heterocycles. The van der Waals surface area contributed by atoms with E-state index in [0.29, 0.717) is 6.61 Å². The Hall–Kier alpha value is -0.530. The van der Waals surface area contributed by atoms with Gasteiger partial charge in [0.1, 0.15) is 0 Å². The molecular formula is C15H28O2. The smallest absolute Gasteiger partial charge is 0.309 e. The van der Waals surface area contributed by atoms with Crippen molar-refractivity contribution < 1.29 is 9.53 Å². The molecule has 1 aliphatic rings. The third-order valence-corrected chi connectivity index (χ3v) is 3.70. The van der Waals surface area contributed by atoms with E-state index in [4.69, 9.17) is 4.74 Å². The van der Waals surface area contributed by atoms with Gasteiger partial charge in [-0.15, -0.1) is 0 Å². The number of hydrogen-bond acceptors (Lipinski definition) is 2. The van der Waals surface area contributed by atoms with Crippen LogP contribution in [-0.2, 0) is 9.53 Å². The molecular weight excluding hydrogens is 212 g/mol. The highest BCUT2D eigenvalue weighted by Gasteiger charge is 2.25. The van der Waals surface area contributed by atoms with Crippen molar-refractivity contribution in [2.24, 2.45) is 5.92 Å². The molecule has 0 radical (unpaired) electrons. The molecule has 1 fully saturated rings. The molecule has 1 heterocycles. The van der Waals surface area contributed by atoms with Crippen molar-refractivity contribution in [2.45, 2.75) is 77.6 Å². The van der Waals surface area contributed by atoms with Crippen LogP contribution in [0.5, 0.6) is 0 Å². The van der Waals surface area contributed by atoms with E-state index in [-0.39, 0.29) is 11.9 Å². The molecule has 17 heavy (non-hydrogen) atoms. The van der Waals surface area contributed by atoms with Gasteiger partial charge in [0.2, 0.25) is 0 Å². The quantitative estimate of drug-likeness (QED) is 0.416. The third-order valence-electron chi connectivity index (χ3n) is 3.70. The molecule has 2 heteroatoms. The Labute approximate surface area is 106 Å². The first-order valence-electron chi connectivity index (χ1n) is 7.51. The number of cyclic esters (lactones) is 1. The predicted molar refractivity (Wildman–Crippen MR) is 70.9 cm³/mol. The molecule has 0 aromatic rings. The first-order valence-corrected chi connectivity index (χ1v) is 7.51. The molecule has 1 unspecified atom stereocenters. The maximum atomic E-state index is 11.2. The minimum atomic E-state index is 0.0459. The average Bonchev–Trinajstić information content (AvgIpc) is 2.73. The first-order chi connectivity index (χ1) is 8.34. The van der Waals surface area contributed by atoms with Gasteiger partial charge in [-0.2, -0.15) is 0 Å². The lowest BCUT2D eigenvalue weighted by molar-refractivity contribution is -0.141. The Balaban J connectivity index is 1.80. The van der Waals surface area contributed by atoms with E-state index < -0.39 is 0 Å². The molecule has 0 spiro atoms. The minimum Gasteiger partial charge on any atom is -0.465 e. The van der Waals surface area contributed by atoms with Gasteiger partial charge in [0, 0.05) is 0 Å². The SMILES string of the molecule is CCCCCCCCCCCC1CCOC1=O. The van der Waals surface area contributed by atoms with Crippen LogP contribution in [0.4, 0.5) is 0 Å². The maximum Gasteiger partial charge on any atom is 0.309 e. The van der Waals surface area contributed by atoms with Gasteiger partial charge in [0.05, 0.1) is 12.5 Å². The van der Waals surface area contributed by atoms with Crippen molar-refractivity contribution in [3.05, 3.63) is 0 Å². The number of esters is 1. The number of carbonyl (C=O) groups is 1. The van der Waals surface area contributed by atoms with Crippen molar-refractivity contribution in [2.75, 3.05) is 6.61 Å². The average molecular weight is 240 g/mol. The molecule has 100 valence electrons. The zero-order valence-electron chi connectivity index (χ0n) is 11.4. The standard InChI is InChI=1S/C15H28O2/c1-2-3-4-5-6-7-8-9-10-11-14-12-13-17-15(14)16/h14H,2-13H2,1H3. The fraction of sp³-hybridized carbons (Fsp3) is 0.933. The number of carbonyl (C=O) groups excluding carboxylic acids is 1. The molecule has 1 saturated heterocycles. The van der Waals surface area contributed by atoms with E-state index in [9.17, 15) is 4.79 Å².